The predicted octanol–water partition coefficient (Wildman–Crippen LogP) is 13.1. The summed E-state index contributed by atoms with van der Waals surface area (Å²) in [5.74, 6) is -0.508. The maximum Gasteiger partial charge on any atom is 0.123 e. The zero-order chi connectivity index (χ0) is 35.1. The van der Waals surface area contributed by atoms with E-state index in [2.05, 4.69) is 157 Å². The lowest BCUT2D eigenvalue weighted by Gasteiger charge is -2.34. The highest BCUT2D eigenvalue weighted by atomic mass is 19.1. The molecule has 3 heteroatoms. The average Bonchev–Trinajstić information content (AvgIpc) is 3.52. The van der Waals surface area contributed by atoms with Crippen LogP contribution in [0, 0.1) is 11.6 Å². The number of hydrogen-bond donors (Lipinski definition) is 0. The van der Waals surface area contributed by atoms with Gasteiger partial charge < -0.3 is 4.90 Å². The fraction of sp³-hybridized carbons (Fsp3) is 0.0204. The highest BCUT2D eigenvalue weighted by molar-refractivity contribution is 5.97. The van der Waals surface area contributed by atoms with Crippen LogP contribution in [-0.2, 0) is 5.41 Å². The molecular weight excluding hydrogens is 641 g/mol. The number of rotatable bonds is 7. The first kappa shape index (κ1) is 31.4. The molecule has 1 aliphatic rings. The highest BCUT2D eigenvalue weighted by Gasteiger charge is 2.47. The number of anilines is 3. The molecule has 0 aliphatic heterocycles. The topological polar surface area (TPSA) is 3.24 Å². The second-order valence-electron chi connectivity index (χ2n) is 13.2. The maximum atomic E-state index is 13.8. The number of halogens is 2. The molecule has 52 heavy (non-hydrogen) atoms. The van der Waals surface area contributed by atoms with Gasteiger partial charge in [0.05, 0.1) is 11.1 Å². The smallest absolute Gasteiger partial charge is 0.123 e. The van der Waals surface area contributed by atoms with Gasteiger partial charge in [-0.2, -0.15) is 0 Å². The second-order valence-corrected chi connectivity index (χ2v) is 13.2. The molecular formula is C49H33F2N. The van der Waals surface area contributed by atoms with Gasteiger partial charge >= 0.3 is 0 Å². The molecule has 0 radical (unpaired) electrons. The van der Waals surface area contributed by atoms with E-state index in [1.807, 2.05) is 24.3 Å². The Morgan fingerprint density at radius 2 is 0.750 bits per heavy atom. The van der Waals surface area contributed by atoms with Gasteiger partial charge in [0, 0.05) is 16.9 Å². The Labute approximate surface area is 302 Å². The lowest BCUT2D eigenvalue weighted by atomic mass is 9.68. The molecule has 0 spiro atoms. The summed E-state index contributed by atoms with van der Waals surface area (Å²) in [6.45, 7) is 0. The largest absolute Gasteiger partial charge is 0.310 e. The van der Waals surface area contributed by atoms with Crippen LogP contribution < -0.4 is 4.90 Å². The molecule has 8 aromatic carbocycles. The maximum absolute atomic E-state index is 13.8. The molecule has 0 atom stereocenters. The van der Waals surface area contributed by atoms with Crippen LogP contribution in [0.25, 0.3) is 33.4 Å². The van der Waals surface area contributed by atoms with Crippen molar-refractivity contribution in [1.29, 1.82) is 0 Å². The molecule has 0 aromatic heterocycles. The summed E-state index contributed by atoms with van der Waals surface area (Å²) >= 11 is 0. The monoisotopic (exact) mass is 673 g/mol. The highest BCUT2D eigenvalue weighted by Crippen LogP contribution is 2.59. The van der Waals surface area contributed by atoms with Crippen LogP contribution in [0.15, 0.2) is 200 Å². The van der Waals surface area contributed by atoms with E-state index in [4.69, 9.17) is 0 Å². The minimum atomic E-state index is -0.533. The molecule has 0 saturated carbocycles. The minimum absolute atomic E-state index is 0.254. The summed E-state index contributed by atoms with van der Waals surface area (Å²) in [5.41, 5.74) is 13.7. The summed E-state index contributed by atoms with van der Waals surface area (Å²) in [6.07, 6.45) is 0. The van der Waals surface area contributed by atoms with E-state index in [-0.39, 0.29) is 11.6 Å². The molecule has 248 valence electrons. The van der Waals surface area contributed by atoms with Crippen molar-refractivity contribution < 1.29 is 8.78 Å². The van der Waals surface area contributed by atoms with E-state index in [1.165, 1.54) is 57.6 Å². The van der Waals surface area contributed by atoms with Crippen LogP contribution in [0.1, 0.15) is 22.3 Å². The summed E-state index contributed by atoms with van der Waals surface area (Å²) < 4.78 is 27.5. The van der Waals surface area contributed by atoms with Gasteiger partial charge in [-0.1, -0.05) is 146 Å². The van der Waals surface area contributed by atoms with Gasteiger partial charge in [0.1, 0.15) is 11.6 Å². The molecule has 1 aliphatic carbocycles. The van der Waals surface area contributed by atoms with E-state index in [9.17, 15) is 8.78 Å². The zero-order valence-electron chi connectivity index (χ0n) is 28.3. The molecule has 0 amide bonds. The SMILES string of the molecule is Fc1ccc(-c2ccc(N(c3ccc(-c4ccc(F)cc4)cc3)c3cccc4c3-c3ccccc3C4(c3ccccc3)c3ccccc3)cc2)cc1. The predicted molar refractivity (Wildman–Crippen MR) is 209 cm³/mol. The van der Waals surface area contributed by atoms with Gasteiger partial charge in [0.15, 0.2) is 0 Å². The third-order valence-electron chi connectivity index (χ3n) is 10.3. The van der Waals surface area contributed by atoms with Crippen molar-refractivity contribution in [1.82, 2.24) is 0 Å². The molecule has 0 fully saturated rings. The van der Waals surface area contributed by atoms with Crippen molar-refractivity contribution in [2.24, 2.45) is 0 Å². The Hall–Kier alpha value is -6.58. The van der Waals surface area contributed by atoms with E-state index >= 15 is 0 Å². The Morgan fingerprint density at radius 3 is 1.23 bits per heavy atom. The summed E-state index contributed by atoms with van der Waals surface area (Å²) in [5, 5.41) is 0. The van der Waals surface area contributed by atoms with Crippen LogP contribution in [0.4, 0.5) is 25.8 Å². The minimum Gasteiger partial charge on any atom is -0.310 e. The van der Waals surface area contributed by atoms with E-state index in [0.717, 1.165) is 39.3 Å². The Bertz CT molecular complexity index is 2360. The Balaban J connectivity index is 1.27. The van der Waals surface area contributed by atoms with Gasteiger partial charge in [-0.05, 0) is 105 Å². The summed E-state index contributed by atoms with van der Waals surface area (Å²) in [4.78, 5) is 2.32. The van der Waals surface area contributed by atoms with Gasteiger partial charge in [-0.3, -0.25) is 0 Å². The van der Waals surface area contributed by atoms with Crippen LogP contribution in [0.3, 0.4) is 0 Å². The first-order valence-corrected chi connectivity index (χ1v) is 17.5. The third-order valence-corrected chi connectivity index (χ3v) is 10.3. The van der Waals surface area contributed by atoms with E-state index < -0.39 is 5.41 Å². The Kier molecular flexibility index (Phi) is 7.82. The first-order chi connectivity index (χ1) is 25.6. The number of fused-ring (bicyclic) bond motifs is 3. The van der Waals surface area contributed by atoms with Crippen molar-refractivity contribution in [3.63, 3.8) is 0 Å². The lowest BCUT2D eigenvalue weighted by Crippen LogP contribution is -2.28. The van der Waals surface area contributed by atoms with Crippen LogP contribution in [0.2, 0.25) is 0 Å². The number of benzene rings is 8. The molecule has 8 aromatic rings. The average molecular weight is 674 g/mol. The van der Waals surface area contributed by atoms with E-state index in [0.29, 0.717) is 0 Å². The van der Waals surface area contributed by atoms with Gasteiger partial charge in [-0.25, -0.2) is 8.78 Å². The van der Waals surface area contributed by atoms with Gasteiger partial charge in [-0.15, -0.1) is 0 Å². The van der Waals surface area contributed by atoms with Crippen molar-refractivity contribution in [3.8, 4) is 33.4 Å². The number of nitrogens with zero attached hydrogens (tertiary/aromatic N) is 1. The molecule has 0 saturated heterocycles. The molecule has 1 nitrogen and oxygen atoms in total. The molecule has 9 rings (SSSR count). The molecule has 0 unspecified atom stereocenters. The zero-order valence-corrected chi connectivity index (χ0v) is 28.3. The standard InChI is InChI=1S/C49H33F2N/c50-40-26-18-34(19-27-40)36-22-30-42(31-23-36)52(43-32-24-37(25-33-43)35-20-28-41(51)29-21-35)47-17-9-16-46-48(47)44-14-7-8-15-45(44)49(46,38-10-3-1-4-11-38)39-12-5-2-6-13-39/h1-33H. The first-order valence-electron chi connectivity index (χ1n) is 17.5. The van der Waals surface area contributed by atoms with Crippen LogP contribution >= 0.6 is 0 Å². The normalized spacial score (nSPS) is 12.6. The van der Waals surface area contributed by atoms with Gasteiger partial charge in [0.25, 0.3) is 0 Å². The van der Waals surface area contributed by atoms with Crippen LogP contribution in [0.5, 0.6) is 0 Å². The molecule has 0 bridgehead atoms. The second kappa shape index (κ2) is 12.9. The lowest BCUT2D eigenvalue weighted by molar-refractivity contribution is 0.627. The fourth-order valence-corrected chi connectivity index (χ4v) is 7.98. The third kappa shape index (κ3) is 5.21. The van der Waals surface area contributed by atoms with Crippen LogP contribution in [-0.4, -0.2) is 0 Å². The Morgan fingerprint density at radius 1 is 0.346 bits per heavy atom. The van der Waals surface area contributed by atoms with E-state index in [1.54, 1.807) is 0 Å². The summed E-state index contributed by atoms with van der Waals surface area (Å²) in [7, 11) is 0. The summed E-state index contributed by atoms with van der Waals surface area (Å²) in [6, 6.07) is 67.2. The fourth-order valence-electron chi connectivity index (χ4n) is 7.98. The number of hydrogen-bond acceptors (Lipinski definition) is 1. The van der Waals surface area contributed by atoms with Gasteiger partial charge in [0.2, 0.25) is 0 Å². The van der Waals surface area contributed by atoms with Crippen molar-refractivity contribution >= 4 is 17.1 Å². The quantitative estimate of drug-likeness (QED) is 0.163. The van der Waals surface area contributed by atoms with Crippen molar-refractivity contribution in [3.05, 3.63) is 234 Å². The molecule has 0 N–H and O–H groups in total. The van der Waals surface area contributed by atoms with Crippen molar-refractivity contribution in [2.45, 2.75) is 5.41 Å². The van der Waals surface area contributed by atoms with Crippen molar-refractivity contribution in [2.75, 3.05) is 4.90 Å². The molecule has 0 heterocycles.